The molecular formula is C32H34ClN3O9. The molecule has 0 aromatic heterocycles. The van der Waals surface area contributed by atoms with Crippen LogP contribution in [0.4, 0.5) is 10.5 Å². The number of phenolic OH excluding ortho intramolecular Hbond substituents is 1. The number of phenols is 1. The minimum atomic E-state index is -2.66. The normalized spacial score (nSPS) is 24.2. The number of amides is 1. The number of nitrogens with zero attached hydrogens (tertiary/aromatic N) is 2. The summed E-state index contributed by atoms with van der Waals surface area (Å²) in [5, 5.41) is 49.0. The first kappa shape index (κ1) is 32.0. The van der Waals surface area contributed by atoms with E-state index in [1.54, 1.807) is 51.3 Å². The molecule has 45 heavy (non-hydrogen) atoms. The molecule has 13 heteroatoms. The van der Waals surface area contributed by atoms with Crippen molar-refractivity contribution in [2.75, 3.05) is 33.1 Å². The SMILES string of the molecule is CC(=O)C1=C(O)C2(O)C(=O)C3=C(O)c4c(O)c(CNC(=O)Oc5ccc(Cl)cc5)cc(N(C)C)c4CC3CC2C(N(C)C)C1=O. The largest absolute Gasteiger partial charge is 0.508 e. The second kappa shape index (κ2) is 11.5. The molecule has 2 aromatic carbocycles. The summed E-state index contributed by atoms with van der Waals surface area (Å²) in [6.45, 7) is 0.849. The lowest BCUT2D eigenvalue weighted by atomic mass is 9.57. The molecule has 0 radical (unpaired) electrons. The van der Waals surface area contributed by atoms with Crippen LogP contribution in [0.2, 0.25) is 5.02 Å². The van der Waals surface area contributed by atoms with Crippen molar-refractivity contribution in [1.29, 1.82) is 0 Å². The van der Waals surface area contributed by atoms with Gasteiger partial charge in [-0.1, -0.05) is 11.6 Å². The lowest BCUT2D eigenvalue weighted by Crippen LogP contribution is -2.65. The number of halogens is 1. The highest BCUT2D eigenvalue weighted by Crippen LogP contribution is 2.54. The average molecular weight is 640 g/mol. The average Bonchev–Trinajstić information content (AvgIpc) is 2.95. The van der Waals surface area contributed by atoms with E-state index in [1.165, 1.54) is 17.0 Å². The van der Waals surface area contributed by atoms with Crippen molar-refractivity contribution < 1.29 is 44.3 Å². The van der Waals surface area contributed by atoms with Crippen LogP contribution in [0.1, 0.15) is 30.0 Å². The Morgan fingerprint density at radius 3 is 2.31 bits per heavy atom. The zero-order valence-electron chi connectivity index (χ0n) is 25.3. The number of carbonyl (C=O) groups excluding carboxylic acids is 4. The minimum absolute atomic E-state index is 0.0123. The number of ketones is 3. The maximum Gasteiger partial charge on any atom is 0.412 e. The number of benzene rings is 2. The van der Waals surface area contributed by atoms with Crippen molar-refractivity contribution in [2.24, 2.45) is 11.8 Å². The maximum atomic E-state index is 14.1. The van der Waals surface area contributed by atoms with Crippen LogP contribution in [0.5, 0.6) is 11.5 Å². The van der Waals surface area contributed by atoms with Gasteiger partial charge in [-0.25, -0.2) is 4.79 Å². The van der Waals surface area contributed by atoms with E-state index in [9.17, 15) is 39.6 Å². The third kappa shape index (κ3) is 5.12. The highest BCUT2D eigenvalue weighted by Gasteiger charge is 2.64. The van der Waals surface area contributed by atoms with Gasteiger partial charge in [0.1, 0.15) is 28.6 Å². The van der Waals surface area contributed by atoms with Crippen LogP contribution in [-0.2, 0) is 27.3 Å². The fourth-order valence-corrected chi connectivity index (χ4v) is 6.92. The Balaban J connectivity index is 1.57. The predicted molar refractivity (Wildman–Crippen MR) is 164 cm³/mol. The van der Waals surface area contributed by atoms with E-state index in [-0.39, 0.29) is 41.8 Å². The maximum absolute atomic E-state index is 14.1. The molecule has 1 saturated carbocycles. The molecule has 2 aromatic rings. The molecule has 5 N–H and O–H groups in total. The third-order valence-electron chi connectivity index (χ3n) is 8.81. The summed E-state index contributed by atoms with van der Waals surface area (Å²) in [4.78, 5) is 55.6. The van der Waals surface area contributed by atoms with E-state index in [2.05, 4.69) is 5.32 Å². The van der Waals surface area contributed by atoms with Gasteiger partial charge >= 0.3 is 6.09 Å². The number of aliphatic hydroxyl groups is 3. The molecule has 3 aliphatic rings. The van der Waals surface area contributed by atoms with Gasteiger partial charge in [0.15, 0.2) is 17.2 Å². The molecule has 1 fully saturated rings. The van der Waals surface area contributed by atoms with Gasteiger partial charge in [-0.3, -0.25) is 19.3 Å². The van der Waals surface area contributed by atoms with Crippen molar-refractivity contribution in [3.63, 3.8) is 0 Å². The van der Waals surface area contributed by atoms with Crippen molar-refractivity contribution >= 4 is 46.5 Å². The van der Waals surface area contributed by atoms with Crippen LogP contribution in [0.25, 0.3) is 5.76 Å². The number of rotatable bonds is 6. The summed E-state index contributed by atoms with van der Waals surface area (Å²) in [6.07, 6.45) is -0.651. The summed E-state index contributed by atoms with van der Waals surface area (Å²) in [6, 6.07) is 6.69. The fourth-order valence-electron chi connectivity index (χ4n) is 6.80. The fraction of sp³-hybridized carbons (Fsp3) is 0.375. The molecule has 1 amide bonds. The van der Waals surface area contributed by atoms with Crippen LogP contribution in [0, 0.1) is 11.8 Å². The summed E-state index contributed by atoms with van der Waals surface area (Å²) < 4.78 is 5.25. The zero-order chi connectivity index (χ0) is 33.1. The van der Waals surface area contributed by atoms with Crippen molar-refractivity contribution in [2.45, 2.75) is 38.0 Å². The Labute approximate surface area is 264 Å². The number of likely N-dealkylation sites (N-methyl/N-ethyl adjacent to an activating group) is 1. The number of nitrogens with one attached hydrogen (secondary N) is 1. The van der Waals surface area contributed by atoms with Gasteiger partial charge in [0.2, 0.25) is 5.78 Å². The highest BCUT2D eigenvalue weighted by molar-refractivity contribution is 6.30. The number of aliphatic hydroxyl groups excluding tert-OH is 2. The van der Waals surface area contributed by atoms with E-state index in [1.807, 2.05) is 0 Å². The Kier molecular flexibility index (Phi) is 8.19. The third-order valence-corrected chi connectivity index (χ3v) is 9.06. The minimum Gasteiger partial charge on any atom is -0.508 e. The van der Waals surface area contributed by atoms with Crippen LogP contribution in [0.3, 0.4) is 0 Å². The summed E-state index contributed by atoms with van der Waals surface area (Å²) in [5.41, 5.74) is -2.30. The lowest BCUT2D eigenvalue weighted by molar-refractivity contribution is -0.153. The Bertz CT molecular complexity index is 1700. The van der Waals surface area contributed by atoms with Gasteiger partial charge in [-0.2, -0.15) is 0 Å². The summed E-state index contributed by atoms with van der Waals surface area (Å²) in [5.74, 6) is -6.15. The molecular weight excluding hydrogens is 606 g/mol. The second-order valence-corrected chi connectivity index (χ2v) is 12.4. The molecule has 0 spiro atoms. The predicted octanol–water partition coefficient (Wildman–Crippen LogP) is 3.08. The molecule has 5 rings (SSSR count). The molecule has 0 bridgehead atoms. The van der Waals surface area contributed by atoms with Gasteiger partial charge in [0.05, 0.1) is 11.6 Å². The molecule has 4 atom stereocenters. The second-order valence-electron chi connectivity index (χ2n) is 12.0. The van der Waals surface area contributed by atoms with Crippen molar-refractivity contribution in [1.82, 2.24) is 10.2 Å². The molecule has 238 valence electrons. The number of anilines is 1. The van der Waals surface area contributed by atoms with Gasteiger partial charge in [0.25, 0.3) is 0 Å². The Hall–Kier alpha value is -4.39. The van der Waals surface area contributed by atoms with Gasteiger partial charge < -0.3 is 35.4 Å². The Morgan fingerprint density at radius 1 is 1.09 bits per heavy atom. The molecule has 0 aliphatic heterocycles. The van der Waals surface area contributed by atoms with E-state index in [0.29, 0.717) is 16.3 Å². The first-order chi connectivity index (χ1) is 21.1. The van der Waals surface area contributed by atoms with Crippen LogP contribution in [-0.4, -0.2) is 88.6 Å². The van der Waals surface area contributed by atoms with E-state index in [4.69, 9.17) is 16.3 Å². The van der Waals surface area contributed by atoms with Crippen LogP contribution in [0.15, 0.2) is 47.2 Å². The number of ether oxygens (including phenoxy) is 1. The number of Topliss-reactive ketones (excluding diaryl/α,β-unsaturated/α-hetero) is 3. The Morgan fingerprint density at radius 2 is 1.73 bits per heavy atom. The van der Waals surface area contributed by atoms with Gasteiger partial charge in [-0.15, -0.1) is 0 Å². The molecule has 12 nitrogen and oxygen atoms in total. The lowest BCUT2D eigenvalue weighted by Gasteiger charge is -2.50. The van der Waals surface area contributed by atoms with Crippen molar-refractivity contribution in [3.05, 3.63) is 69.0 Å². The number of hydrogen-bond donors (Lipinski definition) is 5. The molecule has 3 aliphatic carbocycles. The first-order valence-electron chi connectivity index (χ1n) is 14.2. The van der Waals surface area contributed by atoms with E-state index < -0.39 is 69.8 Å². The zero-order valence-corrected chi connectivity index (χ0v) is 26.1. The quantitative estimate of drug-likeness (QED) is 0.294. The first-order valence-corrected chi connectivity index (χ1v) is 14.6. The van der Waals surface area contributed by atoms with E-state index in [0.717, 1.165) is 6.92 Å². The number of hydrogen-bond acceptors (Lipinski definition) is 11. The molecule has 4 unspecified atom stereocenters. The van der Waals surface area contributed by atoms with Gasteiger partial charge in [-0.05, 0) is 75.7 Å². The summed E-state index contributed by atoms with van der Waals surface area (Å²) >= 11 is 5.87. The number of fused-ring (bicyclic) bond motifs is 3. The molecule has 0 heterocycles. The highest BCUT2D eigenvalue weighted by atomic mass is 35.5. The molecule has 0 saturated heterocycles. The smallest absolute Gasteiger partial charge is 0.412 e. The standard InChI is InChI=1S/C32H34ClN3O9/c1-14(37)22-28(40)25(36(4)5)20-11-15-10-19-21(35(2)3)12-16(13-34-31(43)45-18-8-6-17(33)7-9-18)26(38)24(19)27(39)23(15)30(42)32(20,44)29(22)41/h6-9,12,15,20,25,38-39,41,44H,10-11,13H2,1-5H3,(H,34,43). The monoisotopic (exact) mass is 639 g/mol. The number of aromatic hydroxyl groups is 1. The van der Waals surface area contributed by atoms with Crippen molar-refractivity contribution in [3.8, 4) is 11.5 Å². The van der Waals surface area contributed by atoms with Crippen LogP contribution < -0.4 is 15.0 Å². The number of carbonyl (C=O) groups is 4. The van der Waals surface area contributed by atoms with Crippen LogP contribution >= 0.6 is 11.6 Å². The topological polar surface area (TPSA) is 177 Å². The van der Waals surface area contributed by atoms with Gasteiger partial charge in [0, 0.05) is 48.4 Å². The summed E-state index contributed by atoms with van der Waals surface area (Å²) in [7, 11) is 6.67. The van der Waals surface area contributed by atoms with E-state index >= 15 is 0 Å².